The fraction of sp³-hybridized carbons (Fsp3) is 0. The maximum Gasteiger partial charge on any atom is 0.262 e. The number of pyridine rings is 1. The van der Waals surface area contributed by atoms with Crippen molar-refractivity contribution in [1.29, 1.82) is 0 Å². The molecule has 3 aromatic rings. The van der Waals surface area contributed by atoms with Crippen LogP contribution in [0.4, 0.5) is 10.1 Å². The number of sulfonamides is 1. The van der Waals surface area contributed by atoms with Gasteiger partial charge in [0.2, 0.25) is 0 Å². The van der Waals surface area contributed by atoms with Crippen LogP contribution in [-0.4, -0.2) is 13.4 Å². The summed E-state index contributed by atoms with van der Waals surface area (Å²) in [6, 6.07) is 10.2. The second-order valence-corrected chi connectivity index (χ2v) is 6.65. The Kier molecular flexibility index (Phi) is 3.72. The van der Waals surface area contributed by atoms with Crippen molar-refractivity contribution in [2.75, 3.05) is 4.72 Å². The maximum absolute atomic E-state index is 13.1. The zero-order valence-electron chi connectivity index (χ0n) is 11.1. The summed E-state index contributed by atoms with van der Waals surface area (Å²) in [6.45, 7) is 0. The number of benzene rings is 2. The Balaban J connectivity index is 2.07. The number of anilines is 1. The summed E-state index contributed by atoms with van der Waals surface area (Å²) in [7, 11) is -3.83. The second-order valence-electron chi connectivity index (χ2n) is 4.59. The molecule has 22 heavy (non-hydrogen) atoms. The first-order valence-electron chi connectivity index (χ1n) is 6.28. The summed E-state index contributed by atoms with van der Waals surface area (Å²) < 4.78 is 40.6. The predicted octanol–water partition coefficient (Wildman–Crippen LogP) is 3.83. The quantitative estimate of drug-likeness (QED) is 0.790. The molecule has 0 saturated carbocycles. The van der Waals surface area contributed by atoms with E-state index in [0.717, 1.165) is 6.07 Å². The molecule has 0 bridgehead atoms. The zero-order chi connectivity index (χ0) is 15.7. The van der Waals surface area contributed by atoms with Gasteiger partial charge in [-0.05, 0) is 30.3 Å². The second kappa shape index (κ2) is 5.55. The summed E-state index contributed by atoms with van der Waals surface area (Å²) in [5.41, 5.74) is 0.192. The Labute approximate surface area is 131 Å². The van der Waals surface area contributed by atoms with Gasteiger partial charge in [0.1, 0.15) is 5.82 Å². The molecule has 0 unspecified atom stereocenters. The lowest BCUT2D eigenvalue weighted by molar-refractivity contribution is 0.602. The number of aromatic nitrogens is 1. The molecule has 4 nitrogen and oxygen atoms in total. The predicted molar refractivity (Wildman–Crippen MR) is 84.0 cm³/mol. The molecule has 1 heterocycles. The van der Waals surface area contributed by atoms with E-state index in [4.69, 9.17) is 11.6 Å². The SMILES string of the molecule is O=S(=O)(Nc1ccc(F)c(Cl)c1)c1cccc2cnccc12. The Hall–Kier alpha value is -2.18. The average Bonchev–Trinajstić information content (AvgIpc) is 2.50. The van der Waals surface area contributed by atoms with Crippen LogP contribution in [0.25, 0.3) is 10.8 Å². The summed E-state index contributed by atoms with van der Waals surface area (Å²) in [5.74, 6) is -0.610. The number of fused-ring (bicyclic) bond motifs is 1. The third kappa shape index (κ3) is 2.75. The first kappa shape index (κ1) is 14.7. The fourth-order valence-electron chi connectivity index (χ4n) is 2.10. The highest BCUT2D eigenvalue weighted by Crippen LogP contribution is 2.26. The molecule has 0 amide bonds. The van der Waals surface area contributed by atoms with Gasteiger partial charge in [-0.25, -0.2) is 12.8 Å². The van der Waals surface area contributed by atoms with Crippen LogP contribution >= 0.6 is 11.6 Å². The molecule has 112 valence electrons. The average molecular weight is 337 g/mol. The van der Waals surface area contributed by atoms with Crippen molar-refractivity contribution in [2.45, 2.75) is 4.90 Å². The van der Waals surface area contributed by atoms with Crippen molar-refractivity contribution >= 4 is 38.1 Å². The maximum atomic E-state index is 13.1. The minimum atomic E-state index is -3.83. The minimum Gasteiger partial charge on any atom is -0.280 e. The third-order valence-electron chi connectivity index (χ3n) is 3.10. The van der Waals surface area contributed by atoms with Crippen molar-refractivity contribution in [3.05, 3.63) is 65.7 Å². The van der Waals surface area contributed by atoms with Crippen molar-refractivity contribution < 1.29 is 12.8 Å². The van der Waals surface area contributed by atoms with Crippen LogP contribution in [-0.2, 0) is 10.0 Å². The highest BCUT2D eigenvalue weighted by molar-refractivity contribution is 7.93. The zero-order valence-corrected chi connectivity index (χ0v) is 12.7. The number of hydrogen-bond donors (Lipinski definition) is 1. The fourth-order valence-corrected chi connectivity index (χ4v) is 3.56. The Morgan fingerprint density at radius 1 is 1.14 bits per heavy atom. The van der Waals surface area contributed by atoms with Crippen molar-refractivity contribution in [1.82, 2.24) is 4.98 Å². The van der Waals surface area contributed by atoms with Crippen LogP contribution in [0.2, 0.25) is 5.02 Å². The van der Waals surface area contributed by atoms with Gasteiger partial charge in [-0.15, -0.1) is 0 Å². The van der Waals surface area contributed by atoms with Gasteiger partial charge in [0.05, 0.1) is 15.6 Å². The van der Waals surface area contributed by atoms with Crippen LogP contribution in [0.15, 0.2) is 59.8 Å². The highest BCUT2D eigenvalue weighted by Gasteiger charge is 2.17. The number of nitrogens with zero attached hydrogens (tertiary/aromatic N) is 1. The lowest BCUT2D eigenvalue weighted by Gasteiger charge is -2.10. The highest BCUT2D eigenvalue weighted by atomic mass is 35.5. The molecule has 3 rings (SSSR count). The molecule has 1 aromatic heterocycles. The van der Waals surface area contributed by atoms with Crippen LogP contribution in [0, 0.1) is 5.82 Å². The molecule has 1 N–H and O–H groups in total. The molecule has 0 aliphatic heterocycles. The molecule has 0 aliphatic carbocycles. The molecule has 0 fully saturated rings. The first-order valence-corrected chi connectivity index (χ1v) is 8.14. The van der Waals surface area contributed by atoms with Gasteiger partial charge in [0.25, 0.3) is 10.0 Å². The Morgan fingerprint density at radius 3 is 2.73 bits per heavy atom. The molecular formula is C15H10ClFN2O2S. The van der Waals surface area contributed by atoms with Gasteiger partial charge in [0.15, 0.2) is 0 Å². The summed E-state index contributed by atoms with van der Waals surface area (Å²) >= 11 is 5.67. The smallest absolute Gasteiger partial charge is 0.262 e. The molecular weight excluding hydrogens is 327 g/mol. The largest absolute Gasteiger partial charge is 0.280 e. The van der Waals surface area contributed by atoms with E-state index in [-0.39, 0.29) is 15.6 Å². The van der Waals surface area contributed by atoms with Crippen LogP contribution in [0.1, 0.15) is 0 Å². The lowest BCUT2D eigenvalue weighted by Crippen LogP contribution is -2.13. The van der Waals surface area contributed by atoms with Gasteiger partial charge in [-0.2, -0.15) is 0 Å². The molecule has 0 saturated heterocycles. The van der Waals surface area contributed by atoms with Gasteiger partial charge < -0.3 is 0 Å². The van der Waals surface area contributed by atoms with Gasteiger partial charge in [-0.3, -0.25) is 9.71 Å². The van der Waals surface area contributed by atoms with Gasteiger partial charge >= 0.3 is 0 Å². The van der Waals surface area contributed by atoms with E-state index in [1.54, 1.807) is 24.4 Å². The Bertz CT molecular complexity index is 955. The number of hydrogen-bond acceptors (Lipinski definition) is 3. The number of nitrogens with one attached hydrogen (secondary N) is 1. The number of rotatable bonds is 3. The van der Waals surface area contributed by atoms with E-state index in [1.165, 1.54) is 24.4 Å². The molecule has 0 spiro atoms. The molecule has 2 aromatic carbocycles. The summed E-state index contributed by atoms with van der Waals surface area (Å²) in [4.78, 5) is 4.09. The van der Waals surface area contributed by atoms with Crippen LogP contribution in [0.5, 0.6) is 0 Å². The van der Waals surface area contributed by atoms with E-state index in [1.807, 2.05) is 0 Å². The number of halogens is 2. The normalized spacial score (nSPS) is 11.5. The molecule has 0 aliphatic rings. The topological polar surface area (TPSA) is 59.1 Å². The molecule has 0 radical (unpaired) electrons. The molecule has 7 heteroatoms. The van der Waals surface area contributed by atoms with Crippen molar-refractivity contribution in [3.8, 4) is 0 Å². The van der Waals surface area contributed by atoms with Gasteiger partial charge in [-0.1, -0.05) is 23.7 Å². The first-order chi connectivity index (χ1) is 10.5. The van der Waals surface area contributed by atoms with Crippen LogP contribution < -0.4 is 4.72 Å². The van der Waals surface area contributed by atoms with E-state index in [9.17, 15) is 12.8 Å². The van der Waals surface area contributed by atoms with E-state index in [2.05, 4.69) is 9.71 Å². The van der Waals surface area contributed by atoms with Gasteiger partial charge in [0, 0.05) is 23.2 Å². The van der Waals surface area contributed by atoms with Crippen molar-refractivity contribution in [2.24, 2.45) is 0 Å². The molecule has 0 atom stereocenters. The lowest BCUT2D eigenvalue weighted by atomic mass is 10.2. The minimum absolute atomic E-state index is 0.118. The standard InChI is InChI=1S/C15H10ClFN2O2S/c16-13-8-11(4-5-14(13)17)19-22(20,21)15-3-1-2-10-9-18-7-6-12(10)15/h1-9,19H. The van der Waals surface area contributed by atoms with Crippen LogP contribution in [0.3, 0.4) is 0 Å². The third-order valence-corrected chi connectivity index (χ3v) is 4.83. The Morgan fingerprint density at radius 2 is 1.95 bits per heavy atom. The summed E-state index contributed by atoms with van der Waals surface area (Å²) in [5, 5.41) is 1.11. The van der Waals surface area contributed by atoms with E-state index >= 15 is 0 Å². The monoisotopic (exact) mass is 336 g/mol. The van der Waals surface area contributed by atoms with E-state index < -0.39 is 15.8 Å². The van der Waals surface area contributed by atoms with E-state index in [0.29, 0.717) is 10.8 Å². The van der Waals surface area contributed by atoms with Crippen molar-refractivity contribution in [3.63, 3.8) is 0 Å². The summed E-state index contributed by atoms with van der Waals surface area (Å²) in [6.07, 6.45) is 3.11.